The van der Waals surface area contributed by atoms with Crippen LogP contribution in [0, 0.1) is 0 Å². The first kappa shape index (κ1) is 17.9. The lowest BCUT2D eigenvalue weighted by Crippen LogP contribution is -2.54. The van der Waals surface area contributed by atoms with E-state index in [-0.39, 0.29) is 11.6 Å². The van der Waals surface area contributed by atoms with Gasteiger partial charge in [-0.05, 0) is 26.8 Å². The van der Waals surface area contributed by atoms with Crippen molar-refractivity contribution >= 4 is 9.84 Å². The highest BCUT2D eigenvalue weighted by molar-refractivity contribution is 7.91. The molecule has 20 heavy (non-hydrogen) atoms. The number of nitrogens with zero attached hydrogens (tertiary/aromatic N) is 1. The summed E-state index contributed by atoms with van der Waals surface area (Å²) in [7, 11) is -0.778. The smallest absolute Gasteiger partial charge is 0.151 e. The molecule has 1 heterocycles. The van der Waals surface area contributed by atoms with Crippen LogP contribution in [-0.4, -0.2) is 50.0 Å². The molecule has 0 saturated carbocycles. The molecule has 0 aromatic rings. The lowest BCUT2D eigenvalue weighted by molar-refractivity contribution is 0.0921. The zero-order valence-electron chi connectivity index (χ0n) is 13.4. The molecule has 2 unspecified atom stereocenters. The van der Waals surface area contributed by atoms with Gasteiger partial charge in [-0.25, -0.2) is 8.42 Å². The van der Waals surface area contributed by atoms with Gasteiger partial charge in [-0.2, -0.15) is 0 Å². The first-order valence-corrected chi connectivity index (χ1v) is 9.80. The Kier molecular flexibility index (Phi) is 6.95. The van der Waals surface area contributed by atoms with E-state index in [9.17, 15) is 8.42 Å². The van der Waals surface area contributed by atoms with Crippen LogP contribution in [0.2, 0.25) is 0 Å². The Bertz CT molecular complexity index is 383. The highest BCUT2D eigenvalue weighted by atomic mass is 32.2. The van der Waals surface area contributed by atoms with Gasteiger partial charge < -0.3 is 5.73 Å². The summed E-state index contributed by atoms with van der Waals surface area (Å²) >= 11 is 0. The van der Waals surface area contributed by atoms with E-state index in [0.29, 0.717) is 18.1 Å². The maximum absolute atomic E-state index is 11.6. The van der Waals surface area contributed by atoms with Crippen molar-refractivity contribution in [1.82, 2.24) is 4.90 Å². The molecule has 0 radical (unpaired) electrons. The molecule has 4 nitrogen and oxygen atoms in total. The lowest BCUT2D eigenvalue weighted by Gasteiger charge is -2.41. The molecular weight excluding hydrogens is 272 g/mol. The third kappa shape index (κ3) is 5.01. The number of hydrogen-bond acceptors (Lipinski definition) is 4. The van der Waals surface area contributed by atoms with Gasteiger partial charge in [0.25, 0.3) is 0 Å². The molecule has 1 saturated heterocycles. The fourth-order valence-electron chi connectivity index (χ4n) is 3.05. The molecule has 0 bridgehead atoms. The van der Waals surface area contributed by atoms with Crippen LogP contribution in [0.3, 0.4) is 0 Å². The molecule has 1 aliphatic rings. The van der Waals surface area contributed by atoms with E-state index in [1.165, 1.54) is 32.1 Å². The number of unbranched alkanes of at least 4 members (excludes halogenated alkanes) is 4. The van der Waals surface area contributed by atoms with Crippen LogP contribution in [0.1, 0.15) is 58.8 Å². The Morgan fingerprint density at radius 1 is 1.25 bits per heavy atom. The quantitative estimate of drug-likeness (QED) is 0.663. The van der Waals surface area contributed by atoms with E-state index < -0.39 is 9.84 Å². The van der Waals surface area contributed by atoms with E-state index in [1.54, 1.807) is 0 Å². The Labute approximate surface area is 125 Å². The van der Waals surface area contributed by atoms with Gasteiger partial charge in [-0.15, -0.1) is 0 Å². The molecule has 5 heteroatoms. The predicted molar refractivity (Wildman–Crippen MR) is 85.7 cm³/mol. The van der Waals surface area contributed by atoms with Crippen molar-refractivity contribution in [3.05, 3.63) is 0 Å². The number of hydrogen-bond donors (Lipinski definition) is 1. The Morgan fingerprint density at radius 2 is 1.90 bits per heavy atom. The Balaban J connectivity index is 2.50. The molecule has 120 valence electrons. The normalized spacial score (nSPS) is 24.9. The van der Waals surface area contributed by atoms with E-state index in [1.807, 2.05) is 7.05 Å². The molecule has 0 amide bonds. The van der Waals surface area contributed by atoms with Gasteiger partial charge in [-0.1, -0.05) is 39.0 Å². The summed E-state index contributed by atoms with van der Waals surface area (Å²) in [5.41, 5.74) is 5.92. The second-order valence-corrected chi connectivity index (χ2v) is 8.76. The van der Waals surface area contributed by atoms with Crippen molar-refractivity contribution < 1.29 is 8.42 Å². The highest BCUT2D eigenvalue weighted by Gasteiger charge is 2.38. The molecule has 1 fully saturated rings. The molecule has 1 aliphatic heterocycles. The van der Waals surface area contributed by atoms with Crippen LogP contribution in [-0.2, 0) is 9.84 Å². The number of likely N-dealkylation sites (N-methyl/N-ethyl adjacent to an activating group) is 1. The van der Waals surface area contributed by atoms with E-state index >= 15 is 0 Å². The minimum absolute atomic E-state index is 0.0727. The predicted octanol–water partition coefficient (Wildman–Crippen LogP) is 2.18. The Morgan fingerprint density at radius 3 is 2.40 bits per heavy atom. The molecule has 1 rings (SSSR count). The van der Waals surface area contributed by atoms with Crippen LogP contribution in [0.25, 0.3) is 0 Å². The van der Waals surface area contributed by atoms with Crippen LogP contribution >= 0.6 is 0 Å². The topological polar surface area (TPSA) is 63.4 Å². The summed E-state index contributed by atoms with van der Waals surface area (Å²) in [4.78, 5) is 2.23. The van der Waals surface area contributed by atoms with Crippen molar-refractivity contribution in [2.75, 3.05) is 25.1 Å². The van der Waals surface area contributed by atoms with Gasteiger partial charge in [-0.3, -0.25) is 4.90 Å². The summed E-state index contributed by atoms with van der Waals surface area (Å²) in [6.07, 6.45) is 8.09. The van der Waals surface area contributed by atoms with E-state index in [4.69, 9.17) is 5.73 Å². The summed E-state index contributed by atoms with van der Waals surface area (Å²) in [6.45, 7) is 4.99. The molecule has 0 aromatic carbocycles. The third-order valence-electron chi connectivity index (χ3n) is 4.87. The summed E-state index contributed by atoms with van der Waals surface area (Å²) in [5, 5.41) is 0. The maximum Gasteiger partial charge on any atom is 0.151 e. The van der Waals surface area contributed by atoms with Crippen molar-refractivity contribution in [1.29, 1.82) is 0 Å². The average Bonchev–Trinajstić information content (AvgIpc) is 2.77. The van der Waals surface area contributed by atoms with Gasteiger partial charge in [0.1, 0.15) is 0 Å². The molecular formula is C15H32N2O2S. The van der Waals surface area contributed by atoms with Gasteiger partial charge in [0, 0.05) is 18.1 Å². The van der Waals surface area contributed by atoms with Gasteiger partial charge >= 0.3 is 0 Å². The maximum atomic E-state index is 11.6. The van der Waals surface area contributed by atoms with Gasteiger partial charge in [0.05, 0.1) is 11.5 Å². The van der Waals surface area contributed by atoms with Crippen LogP contribution in [0.15, 0.2) is 0 Å². The van der Waals surface area contributed by atoms with Gasteiger partial charge in [0.2, 0.25) is 0 Å². The van der Waals surface area contributed by atoms with Crippen molar-refractivity contribution in [2.24, 2.45) is 5.73 Å². The number of nitrogens with two attached hydrogens (primary N) is 1. The summed E-state index contributed by atoms with van der Waals surface area (Å²) in [5.74, 6) is 0.633. The molecule has 0 aromatic heterocycles. The van der Waals surface area contributed by atoms with Crippen LogP contribution in [0.4, 0.5) is 0 Å². The van der Waals surface area contributed by atoms with E-state index in [2.05, 4.69) is 18.7 Å². The minimum Gasteiger partial charge on any atom is -0.329 e. The monoisotopic (exact) mass is 304 g/mol. The minimum atomic E-state index is -2.82. The fraction of sp³-hybridized carbons (Fsp3) is 1.00. The zero-order valence-corrected chi connectivity index (χ0v) is 14.2. The molecule has 0 aliphatic carbocycles. The third-order valence-corrected chi connectivity index (χ3v) is 6.62. The van der Waals surface area contributed by atoms with Crippen molar-refractivity contribution in [2.45, 2.75) is 70.4 Å². The van der Waals surface area contributed by atoms with Crippen molar-refractivity contribution in [3.63, 3.8) is 0 Å². The SMILES string of the molecule is CCCCCCCC(C)(CN)N(C)C1CCS(=O)(=O)C1. The highest BCUT2D eigenvalue weighted by Crippen LogP contribution is 2.27. The van der Waals surface area contributed by atoms with E-state index in [0.717, 1.165) is 12.8 Å². The first-order chi connectivity index (χ1) is 9.34. The molecule has 2 atom stereocenters. The van der Waals surface area contributed by atoms with Crippen molar-refractivity contribution in [3.8, 4) is 0 Å². The number of rotatable bonds is 9. The fourth-order valence-corrected chi connectivity index (χ4v) is 4.83. The van der Waals surface area contributed by atoms with Crippen LogP contribution < -0.4 is 5.73 Å². The number of sulfone groups is 1. The Hall–Kier alpha value is -0.130. The lowest BCUT2D eigenvalue weighted by atomic mass is 9.91. The molecule has 2 N–H and O–H groups in total. The summed E-state index contributed by atoms with van der Waals surface area (Å²) in [6, 6.07) is 0.143. The first-order valence-electron chi connectivity index (χ1n) is 7.98. The average molecular weight is 305 g/mol. The summed E-state index contributed by atoms with van der Waals surface area (Å²) < 4.78 is 23.3. The van der Waals surface area contributed by atoms with Crippen LogP contribution in [0.5, 0.6) is 0 Å². The second-order valence-electron chi connectivity index (χ2n) is 6.53. The standard InChI is InChI=1S/C15H32N2O2S/c1-4-5-6-7-8-10-15(2,13-16)17(3)14-9-11-20(18,19)12-14/h14H,4-13,16H2,1-3H3. The zero-order chi connectivity index (χ0) is 15.2. The largest absolute Gasteiger partial charge is 0.329 e. The second kappa shape index (κ2) is 7.76. The molecule has 0 spiro atoms. The van der Waals surface area contributed by atoms with Gasteiger partial charge in [0.15, 0.2) is 9.84 Å².